The van der Waals surface area contributed by atoms with Crippen LogP contribution in [0.4, 0.5) is 5.82 Å². The van der Waals surface area contributed by atoms with E-state index in [0.29, 0.717) is 12.1 Å². The van der Waals surface area contributed by atoms with Gasteiger partial charge in [-0.15, -0.1) is 0 Å². The van der Waals surface area contributed by atoms with E-state index in [-0.39, 0.29) is 11.6 Å². The summed E-state index contributed by atoms with van der Waals surface area (Å²) in [6.45, 7) is 9.82. The quantitative estimate of drug-likeness (QED) is 0.348. The van der Waals surface area contributed by atoms with Gasteiger partial charge in [-0.25, -0.2) is 13.4 Å². The number of sulfonamides is 1. The van der Waals surface area contributed by atoms with Crippen molar-refractivity contribution >= 4 is 43.4 Å². The van der Waals surface area contributed by atoms with Gasteiger partial charge in [-0.3, -0.25) is 14.5 Å². The summed E-state index contributed by atoms with van der Waals surface area (Å²) in [4.78, 5) is 22.5. The molecule has 9 heteroatoms. The highest BCUT2D eigenvalue weighted by atomic mass is 32.2. The molecule has 2 aromatic carbocycles. The average molecular weight is 534 g/mol. The molecule has 1 aliphatic heterocycles. The summed E-state index contributed by atoms with van der Waals surface area (Å²) in [6.07, 6.45) is 2.84. The lowest BCUT2D eigenvalue weighted by atomic mass is 9.86. The molecular weight excluding hydrogens is 502 g/mol. The third-order valence-electron chi connectivity index (χ3n) is 6.47. The number of hydrogen-bond donors (Lipinski definition) is 1. The van der Waals surface area contributed by atoms with Crippen molar-refractivity contribution in [3.63, 3.8) is 0 Å². The largest absolute Gasteiger partial charge is 0.493 e. The summed E-state index contributed by atoms with van der Waals surface area (Å²) in [6, 6.07) is 11.2. The number of pyridine rings is 2. The number of benzene rings is 2. The van der Waals surface area contributed by atoms with Gasteiger partial charge in [-0.2, -0.15) is 0 Å². The van der Waals surface area contributed by atoms with Gasteiger partial charge in [0, 0.05) is 29.0 Å². The number of nitrogens with one attached hydrogen (secondary N) is 1. The fourth-order valence-corrected chi connectivity index (χ4v) is 5.59. The van der Waals surface area contributed by atoms with Crippen molar-refractivity contribution in [1.82, 2.24) is 9.97 Å². The van der Waals surface area contributed by atoms with Crippen LogP contribution >= 0.6 is 0 Å². The van der Waals surface area contributed by atoms with Crippen molar-refractivity contribution in [2.75, 3.05) is 17.6 Å². The topological polar surface area (TPSA) is 107 Å². The van der Waals surface area contributed by atoms with E-state index in [9.17, 15) is 13.2 Å². The minimum Gasteiger partial charge on any atom is -0.493 e. The molecule has 0 aliphatic carbocycles. The molecule has 198 valence electrons. The lowest BCUT2D eigenvalue weighted by Crippen LogP contribution is -2.27. The van der Waals surface area contributed by atoms with Crippen LogP contribution < -0.4 is 9.46 Å². The summed E-state index contributed by atoms with van der Waals surface area (Å²) in [5, 5.41) is 1.71. The van der Waals surface area contributed by atoms with Crippen LogP contribution in [0, 0.1) is 6.92 Å². The van der Waals surface area contributed by atoms with Crippen LogP contribution in [-0.4, -0.2) is 42.6 Å². The summed E-state index contributed by atoms with van der Waals surface area (Å²) < 4.78 is 38.5. The van der Waals surface area contributed by atoms with Gasteiger partial charge in [-0.05, 0) is 93.3 Å². The first-order valence-electron chi connectivity index (χ1n) is 12.5. The highest BCUT2D eigenvalue weighted by Crippen LogP contribution is 2.45. The maximum atomic E-state index is 13.1. The lowest BCUT2D eigenvalue weighted by molar-refractivity contribution is -0.138. The molecular formula is C29H31N3O5S. The third-order valence-corrected chi connectivity index (χ3v) is 7.05. The monoisotopic (exact) mass is 533 g/mol. The summed E-state index contributed by atoms with van der Waals surface area (Å²) in [5.41, 5.74) is 5.08. The van der Waals surface area contributed by atoms with Crippen LogP contribution in [0.15, 0.2) is 42.6 Å². The van der Waals surface area contributed by atoms with E-state index in [1.54, 1.807) is 12.3 Å². The second-order valence-corrected chi connectivity index (χ2v) is 12.5. The smallest absolute Gasteiger partial charge is 0.230 e. The first kappa shape index (κ1) is 26.1. The molecule has 0 unspecified atom stereocenters. The Bertz CT molecular complexity index is 1700. The van der Waals surface area contributed by atoms with Crippen molar-refractivity contribution in [3.05, 3.63) is 59.3 Å². The van der Waals surface area contributed by atoms with Crippen molar-refractivity contribution < 1.29 is 22.7 Å². The van der Waals surface area contributed by atoms with Gasteiger partial charge in [0.15, 0.2) is 5.78 Å². The lowest BCUT2D eigenvalue weighted by Gasteiger charge is -2.30. The number of nitrogens with zero attached hydrogens (tertiary/aromatic N) is 2. The average Bonchev–Trinajstić information content (AvgIpc) is 2.81. The highest BCUT2D eigenvalue weighted by molar-refractivity contribution is 7.92. The maximum absolute atomic E-state index is 13.1. The molecule has 2 aromatic heterocycles. The molecule has 0 spiro atoms. The Balaban J connectivity index is 1.88. The number of aryl methyl sites for hydroxylation is 1. The van der Waals surface area contributed by atoms with Gasteiger partial charge < -0.3 is 9.47 Å². The molecule has 4 aromatic rings. The number of hydrogen-bond acceptors (Lipinski definition) is 7. The van der Waals surface area contributed by atoms with Gasteiger partial charge in [-0.1, -0.05) is 0 Å². The van der Waals surface area contributed by atoms with E-state index >= 15 is 0 Å². The number of aromatic nitrogens is 2. The second kappa shape index (κ2) is 9.32. The minimum atomic E-state index is -3.51. The predicted molar refractivity (Wildman–Crippen MR) is 149 cm³/mol. The van der Waals surface area contributed by atoms with Crippen LogP contribution in [0.25, 0.3) is 32.9 Å². The van der Waals surface area contributed by atoms with Crippen molar-refractivity contribution in [1.29, 1.82) is 0 Å². The van der Waals surface area contributed by atoms with E-state index in [1.807, 2.05) is 58.0 Å². The fraction of sp³-hybridized carbons (Fsp3) is 0.345. The Morgan fingerprint density at radius 2 is 1.92 bits per heavy atom. The normalized spacial score (nSPS) is 14.4. The van der Waals surface area contributed by atoms with Crippen LogP contribution in [0.1, 0.15) is 50.5 Å². The van der Waals surface area contributed by atoms with E-state index in [0.717, 1.165) is 62.5 Å². The Morgan fingerprint density at radius 1 is 1.16 bits per heavy atom. The molecule has 1 atom stereocenters. The summed E-state index contributed by atoms with van der Waals surface area (Å²) in [7, 11) is -3.51. The van der Waals surface area contributed by atoms with Crippen LogP contribution in [-0.2, 0) is 26.0 Å². The zero-order valence-corrected chi connectivity index (χ0v) is 23.2. The maximum Gasteiger partial charge on any atom is 0.230 e. The van der Waals surface area contributed by atoms with Gasteiger partial charge >= 0.3 is 0 Å². The number of ketones is 1. The molecule has 3 heterocycles. The molecule has 1 aliphatic rings. The highest BCUT2D eigenvalue weighted by Gasteiger charge is 2.31. The zero-order chi connectivity index (χ0) is 27.4. The van der Waals surface area contributed by atoms with E-state index in [4.69, 9.17) is 14.5 Å². The molecule has 0 amide bonds. The zero-order valence-electron chi connectivity index (χ0n) is 22.4. The Kier molecular flexibility index (Phi) is 6.39. The number of ether oxygens (including phenoxy) is 2. The number of fused-ring (bicyclic) bond motifs is 1. The number of rotatable bonds is 6. The minimum absolute atomic E-state index is 0.119. The molecule has 0 bridgehead atoms. The standard InChI is InChI=1S/C29H31N3O5S/c1-16-15-21-19(8-10-23(31-21)32-38(6,34)35)26(24(16)28(17(2)33)37-29(3,4)5)20-7-9-22-25-18(12-14-36-22)11-13-30-27(20)25/h7-11,13,15,28H,12,14H2,1-6H3,(H,31,32)/t28-/m1/s1. The second-order valence-electron chi connectivity index (χ2n) is 10.7. The predicted octanol–water partition coefficient (Wildman–Crippen LogP) is 5.51. The molecule has 8 nitrogen and oxygen atoms in total. The first-order valence-corrected chi connectivity index (χ1v) is 14.4. The molecule has 38 heavy (non-hydrogen) atoms. The van der Waals surface area contributed by atoms with E-state index < -0.39 is 21.7 Å². The number of anilines is 1. The number of carbonyl (C=O) groups is 1. The summed E-state index contributed by atoms with van der Waals surface area (Å²) in [5.74, 6) is 0.880. The van der Waals surface area contributed by atoms with Crippen molar-refractivity contribution in [3.8, 4) is 16.9 Å². The number of carbonyl (C=O) groups excluding carboxylic acids is 1. The Morgan fingerprint density at radius 3 is 2.61 bits per heavy atom. The van der Waals surface area contributed by atoms with Gasteiger partial charge in [0.25, 0.3) is 0 Å². The van der Waals surface area contributed by atoms with Crippen LogP contribution in [0.5, 0.6) is 5.75 Å². The van der Waals surface area contributed by atoms with Crippen LogP contribution in [0.2, 0.25) is 0 Å². The molecule has 5 rings (SSSR count). The Labute approximate surface area is 222 Å². The van der Waals surface area contributed by atoms with Crippen molar-refractivity contribution in [2.24, 2.45) is 0 Å². The fourth-order valence-electron chi connectivity index (χ4n) is 5.10. The SMILES string of the molecule is CC(=O)[C@@H](OC(C)(C)C)c1c(C)cc2nc(NS(C)(=O)=O)ccc2c1-c1ccc2c3c(ccnc13)CCO2. The molecule has 0 radical (unpaired) electrons. The molecule has 0 saturated heterocycles. The van der Waals surface area contributed by atoms with Gasteiger partial charge in [0.05, 0.1) is 29.5 Å². The third kappa shape index (κ3) is 4.96. The van der Waals surface area contributed by atoms with Gasteiger partial charge in [0.2, 0.25) is 10.0 Å². The van der Waals surface area contributed by atoms with Gasteiger partial charge in [0.1, 0.15) is 17.7 Å². The first-order chi connectivity index (χ1) is 17.8. The number of Topliss-reactive ketones (excluding diaryl/α,β-unsaturated/α-hetero) is 1. The van der Waals surface area contributed by atoms with Crippen molar-refractivity contribution in [2.45, 2.75) is 52.7 Å². The molecule has 0 fully saturated rings. The Hall–Kier alpha value is -3.56. The van der Waals surface area contributed by atoms with Crippen LogP contribution in [0.3, 0.4) is 0 Å². The van der Waals surface area contributed by atoms with E-state index in [2.05, 4.69) is 9.71 Å². The molecule has 0 saturated carbocycles. The molecule has 1 N–H and O–H groups in total. The van der Waals surface area contributed by atoms with E-state index in [1.165, 1.54) is 6.92 Å². The summed E-state index contributed by atoms with van der Waals surface area (Å²) >= 11 is 0.